The number of ether oxygens (including phenoxy) is 2. The third-order valence-corrected chi connectivity index (χ3v) is 7.43. The van der Waals surface area contributed by atoms with Crippen LogP contribution < -0.4 is 10.1 Å². The van der Waals surface area contributed by atoms with Crippen molar-refractivity contribution in [2.24, 2.45) is 7.05 Å². The summed E-state index contributed by atoms with van der Waals surface area (Å²) in [5.74, 6) is 1.29. The van der Waals surface area contributed by atoms with E-state index in [0.29, 0.717) is 25.3 Å². The van der Waals surface area contributed by atoms with Gasteiger partial charge in [0.25, 0.3) is 5.91 Å². The summed E-state index contributed by atoms with van der Waals surface area (Å²) in [7, 11) is 3.65. The van der Waals surface area contributed by atoms with Crippen LogP contribution in [0.2, 0.25) is 0 Å². The average molecular weight is 502 g/mol. The van der Waals surface area contributed by atoms with Gasteiger partial charge in [0.05, 0.1) is 29.6 Å². The molecule has 1 fully saturated rings. The summed E-state index contributed by atoms with van der Waals surface area (Å²) in [6.07, 6.45) is 3.75. The second-order valence-corrected chi connectivity index (χ2v) is 11.3. The molecule has 3 aliphatic rings. The van der Waals surface area contributed by atoms with Gasteiger partial charge in [0.2, 0.25) is 0 Å². The minimum absolute atomic E-state index is 0.0764. The predicted octanol–water partition coefficient (Wildman–Crippen LogP) is 3.53. The van der Waals surface area contributed by atoms with Crippen LogP contribution in [0.15, 0.2) is 30.5 Å². The summed E-state index contributed by atoms with van der Waals surface area (Å²) < 4.78 is 13.0. The van der Waals surface area contributed by atoms with Crippen LogP contribution in [0.1, 0.15) is 48.0 Å². The van der Waals surface area contributed by atoms with Crippen molar-refractivity contribution in [1.82, 2.24) is 24.8 Å². The van der Waals surface area contributed by atoms with E-state index in [0.717, 1.165) is 57.9 Å². The maximum Gasteiger partial charge on any atom is 0.410 e. The van der Waals surface area contributed by atoms with Gasteiger partial charge in [0, 0.05) is 44.0 Å². The summed E-state index contributed by atoms with van der Waals surface area (Å²) >= 11 is 0. The molecule has 3 aromatic rings. The number of nitrogens with one attached hydrogen (secondary N) is 1. The van der Waals surface area contributed by atoms with Gasteiger partial charge in [0.15, 0.2) is 5.82 Å². The molecule has 6 rings (SSSR count). The van der Waals surface area contributed by atoms with Crippen molar-refractivity contribution < 1.29 is 19.1 Å². The van der Waals surface area contributed by atoms with Crippen LogP contribution in [0, 0.1) is 0 Å². The molecule has 1 aliphatic carbocycles. The van der Waals surface area contributed by atoms with Crippen LogP contribution in [0.3, 0.4) is 0 Å². The molecule has 4 heterocycles. The van der Waals surface area contributed by atoms with Gasteiger partial charge in [-0.25, -0.2) is 14.8 Å². The Hall–Kier alpha value is -3.88. The Morgan fingerprint density at radius 1 is 1.19 bits per heavy atom. The van der Waals surface area contributed by atoms with E-state index in [1.165, 1.54) is 0 Å². The zero-order valence-corrected chi connectivity index (χ0v) is 21.8. The zero-order chi connectivity index (χ0) is 26.1. The Bertz CT molecular complexity index is 1450. The molecular formula is C28H31N5O4. The van der Waals surface area contributed by atoms with Gasteiger partial charge in [-0.2, -0.15) is 0 Å². The SMILES string of the molecule is COc1cccc(-c2ncc3c(n2)-c2c(c4c(n2C)CC2(CN(C(=O)OC(C)(C)C)C2)NC4=O)CC3)c1. The van der Waals surface area contributed by atoms with E-state index < -0.39 is 11.1 Å². The fourth-order valence-electron chi connectivity index (χ4n) is 5.77. The molecule has 1 aromatic carbocycles. The normalized spacial score (nSPS) is 17.3. The lowest BCUT2D eigenvalue weighted by atomic mass is 9.80. The molecule has 0 radical (unpaired) electrons. The van der Waals surface area contributed by atoms with Crippen molar-refractivity contribution in [2.45, 2.75) is 51.2 Å². The highest BCUT2D eigenvalue weighted by atomic mass is 16.6. The fraction of sp³-hybridized carbons (Fsp3) is 0.429. The van der Waals surface area contributed by atoms with Crippen LogP contribution in [0.5, 0.6) is 5.75 Å². The predicted molar refractivity (Wildman–Crippen MR) is 138 cm³/mol. The third kappa shape index (κ3) is 3.84. The minimum Gasteiger partial charge on any atom is -0.497 e. The molecule has 1 saturated heterocycles. The highest BCUT2D eigenvalue weighted by Crippen LogP contribution is 2.42. The molecule has 0 unspecified atom stereocenters. The number of likely N-dealkylation sites (tertiary alicyclic amines) is 1. The lowest BCUT2D eigenvalue weighted by Crippen LogP contribution is -2.74. The van der Waals surface area contributed by atoms with Crippen molar-refractivity contribution in [2.75, 3.05) is 20.2 Å². The van der Waals surface area contributed by atoms with Gasteiger partial charge in [-0.05, 0) is 56.9 Å². The van der Waals surface area contributed by atoms with Crippen LogP contribution in [-0.4, -0.2) is 62.8 Å². The molecule has 9 heteroatoms. The first-order chi connectivity index (χ1) is 17.6. The van der Waals surface area contributed by atoms with Crippen LogP contribution in [0.4, 0.5) is 4.79 Å². The van der Waals surface area contributed by atoms with Gasteiger partial charge >= 0.3 is 6.09 Å². The van der Waals surface area contributed by atoms with Crippen molar-refractivity contribution in [3.8, 4) is 28.5 Å². The molecule has 9 nitrogen and oxygen atoms in total. The van der Waals surface area contributed by atoms with E-state index in [1.54, 1.807) is 12.0 Å². The highest BCUT2D eigenvalue weighted by Gasteiger charge is 2.52. The van der Waals surface area contributed by atoms with E-state index >= 15 is 0 Å². The second kappa shape index (κ2) is 8.06. The molecular weight excluding hydrogens is 470 g/mol. The Kier molecular flexibility index (Phi) is 5.12. The number of benzene rings is 1. The monoisotopic (exact) mass is 501 g/mol. The van der Waals surface area contributed by atoms with Crippen LogP contribution in [0.25, 0.3) is 22.8 Å². The first-order valence-corrected chi connectivity index (χ1v) is 12.6. The number of fused-ring (bicyclic) bond motifs is 5. The van der Waals surface area contributed by atoms with E-state index in [4.69, 9.17) is 14.5 Å². The maximum atomic E-state index is 13.4. The Morgan fingerprint density at radius 3 is 2.70 bits per heavy atom. The lowest BCUT2D eigenvalue weighted by Gasteiger charge is -2.51. The summed E-state index contributed by atoms with van der Waals surface area (Å²) in [6.45, 7) is 6.42. The molecule has 2 amide bonds. The number of rotatable bonds is 2. The molecule has 1 N–H and O–H groups in total. The molecule has 37 heavy (non-hydrogen) atoms. The first kappa shape index (κ1) is 23.5. The quantitative estimate of drug-likeness (QED) is 0.577. The Labute approximate surface area is 215 Å². The number of carbonyl (C=O) groups excluding carboxylic acids is 2. The third-order valence-electron chi connectivity index (χ3n) is 7.43. The van der Waals surface area contributed by atoms with Gasteiger partial charge in [-0.3, -0.25) is 4.79 Å². The van der Waals surface area contributed by atoms with Crippen molar-refractivity contribution in [3.05, 3.63) is 52.8 Å². The van der Waals surface area contributed by atoms with Crippen LogP contribution >= 0.6 is 0 Å². The van der Waals surface area contributed by atoms with Gasteiger partial charge < -0.3 is 24.3 Å². The first-order valence-electron chi connectivity index (χ1n) is 12.6. The number of aromatic nitrogens is 3. The van der Waals surface area contributed by atoms with Gasteiger partial charge in [-0.1, -0.05) is 12.1 Å². The van der Waals surface area contributed by atoms with Crippen molar-refractivity contribution >= 4 is 12.0 Å². The van der Waals surface area contributed by atoms with Crippen molar-refractivity contribution in [1.29, 1.82) is 0 Å². The summed E-state index contributed by atoms with van der Waals surface area (Å²) in [6, 6.07) is 7.70. The number of methoxy groups -OCH3 is 1. The summed E-state index contributed by atoms with van der Waals surface area (Å²) in [5.41, 5.74) is 5.56. The smallest absolute Gasteiger partial charge is 0.410 e. The van der Waals surface area contributed by atoms with E-state index in [-0.39, 0.29) is 12.0 Å². The summed E-state index contributed by atoms with van der Waals surface area (Å²) in [5, 5.41) is 3.22. The molecule has 2 aromatic heterocycles. The Morgan fingerprint density at radius 2 is 1.97 bits per heavy atom. The molecule has 0 saturated carbocycles. The minimum atomic E-state index is -0.557. The maximum absolute atomic E-state index is 13.4. The molecule has 0 bridgehead atoms. The molecule has 1 spiro atoms. The lowest BCUT2D eigenvalue weighted by molar-refractivity contribution is -0.0170. The van der Waals surface area contributed by atoms with E-state index in [9.17, 15) is 9.59 Å². The van der Waals surface area contributed by atoms with Crippen LogP contribution in [-0.2, 0) is 31.0 Å². The van der Waals surface area contributed by atoms with Crippen molar-refractivity contribution in [3.63, 3.8) is 0 Å². The fourth-order valence-corrected chi connectivity index (χ4v) is 5.77. The van der Waals surface area contributed by atoms with E-state index in [2.05, 4.69) is 14.9 Å². The number of nitrogens with zero attached hydrogens (tertiary/aromatic N) is 4. The molecule has 192 valence electrons. The number of amides is 2. The second-order valence-electron chi connectivity index (χ2n) is 11.3. The highest BCUT2D eigenvalue weighted by molar-refractivity contribution is 6.01. The average Bonchev–Trinajstić information content (AvgIpc) is 3.13. The molecule has 2 aliphatic heterocycles. The number of hydrogen-bond donors (Lipinski definition) is 1. The topological polar surface area (TPSA) is 98.6 Å². The largest absolute Gasteiger partial charge is 0.497 e. The van der Waals surface area contributed by atoms with Gasteiger partial charge in [0.1, 0.15) is 11.4 Å². The van der Waals surface area contributed by atoms with Gasteiger partial charge in [-0.15, -0.1) is 0 Å². The Balaban J connectivity index is 1.34. The molecule has 0 atom stereocenters. The zero-order valence-electron chi connectivity index (χ0n) is 21.8. The number of carbonyl (C=O) groups is 2. The van der Waals surface area contributed by atoms with E-state index in [1.807, 2.05) is 58.3 Å². The number of aryl methyl sites for hydroxylation is 1. The summed E-state index contributed by atoms with van der Waals surface area (Å²) in [4.78, 5) is 37.2. The standard InChI is InChI=1S/C28H31N5O4/c1-27(2,3)37-26(35)33-14-28(15-33)12-20-21(25(34)31-28)19-10-9-17-13-29-24(30-22(17)23(19)32(20)4)16-7-6-8-18(11-16)36-5/h6-8,11,13H,9-10,12,14-15H2,1-5H3,(H,31,34). The number of hydrogen-bond acceptors (Lipinski definition) is 6.